The number of benzene rings is 2. The lowest BCUT2D eigenvalue weighted by atomic mass is 10.1. The van der Waals surface area contributed by atoms with Gasteiger partial charge in [0.2, 0.25) is 5.91 Å². The summed E-state index contributed by atoms with van der Waals surface area (Å²) in [6.45, 7) is 0.462. The molecule has 1 unspecified atom stereocenters. The Kier molecular flexibility index (Phi) is 6.29. The number of rotatable bonds is 7. The van der Waals surface area contributed by atoms with Gasteiger partial charge in [-0.15, -0.1) is 0 Å². The Labute approximate surface area is 137 Å². The number of carbonyl (C=O) groups excluding carboxylic acids is 1. The molecular weight excluding hydrogens is 291 g/mol. The van der Waals surface area contributed by atoms with E-state index in [1.165, 1.54) is 12.1 Å². The number of amides is 1. The molecule has 0 saturated heterocycles. The number of hydrogen-bond donors (Lipinski definition) is 1. The Morgan fingerprint density at radius 3 is 2.52 bits per heavy atom. The van der Waals surface area contributed by atoms with Gasteiger partial charge in [-0.1, -0.05) is 42.5 Å². The van der Waals surface area contributed by atoms with Gasteiger partial charge in [0.25, 0.3) is 0 Å². The fourth-order valence-corrected chi connectivity index (χ4v) is 2.51. The van der Waals surface area contributed by atoms with Crippen molar-refractivity contribution in [2.45, 2.75) is 18.9 Å². The van der Waals surface area contributed by atoms with Crippen LogP contribution in [0.5, 0.6) is 0 Å². The minimum atomic E-state index is -0.259. The third kappa shape index (κ3) is 5.49. The molecule has 2 aromatic rings. The largest absolute Gasteiger partial charge is 0.354 e. The maximum atomic E-state index is 13.4. The topological polar surface area (TPSA) is 32.3 Å². The lowest BCUT2D eigenvalue weighted by molar-refractivity contribution is -0.121. The van der Waals surface area contributed by atoms with E-state index in [0.29, 0.717) is 13.0 Å². The van der Waals surface area contributed by atoms with E-state index in [1.54, 1.807) is 6.07 Å². The number of hydrogen-bond acceptors (Lipinski definition) is 2. The fraction of sp³-hybridized carbons (Fsp3) is 0.316. The summed E-state index contributed by atoms with van der Waals surface area (Å²) < 4.78 is 13.4. The molecule has 0 aliphatic rings. The minimum absolute atomic E-state index is 0.0112. The van der Waals surface area contributed by atoms with Gasteiger partial charge < -0.3 is 10.2 Å². The van der Waals surface area contributed by atoms with Gasteiger partial charge in [0.05, 0.1) is 6.04 Å². The van der Waals surface area contributed by atoms with Crippen LogP contribution in [0.2, 0.25) is 0 Å². The molecule has 0 aromatic heterocycles. The van der Waals surface area contributed by atoms with E-state index in [1.807, 2.05) is 55.4 Å². The average Bonchev–Trinajstić information content (AvgIpc) is 2.54. The monoisotopic (exact) mass is 314 g/mol. The van der Waals surface area contributed by atoms with Crippen LogP contribution in [0.25, 0.3) is 0 Å². The molecule has 1 atom stereocenters. The van der Waals surface area contributed by atoms with Crippen molar-refractivity contribution in [3.05, 3.63) is 71.5 Å². The van der Waals surface area contributed by atoms with Crippen LogP contribution in [0.4, 0.5) is 4.39 Å². The van der Waals surface area contributed by atoms with Crippen LogP contribution < -0.4 is 5.32 Å². The van der Waals surface area contributed by atoms with Crippen LogP contribution in [-0.2, 0) is 11.2 Å². The van der Waals surface area contributed by atoms with Crippen molar-refractivity contribution in [3.8, 4) is 0 Å². The first-order valence-corrected chi connectivity index (χ1v) is 7.79. The van der Waals surface area contributed by atoms with E-state index in [4.69, 9.17) is 0 Å². The predicted molar refractivity (Wildman–Crippen MR) is 90.6 cm³/mol. The Balaban J connectivity index is 1.87. The van der Waals surface area contributed by atoms with Crippen molar-refractivity contribution in [2.75, 3.05) is 20.6 Å². The summed E-state index contributed by atoms with van der Waals surface area (Å²) in [5.74, 6) is -0.248. The second-order valence-electron chi connectivity index (χ2n) is 5.82. The lowest BCUT2D eigenvalue weighted by Gasteiger charge is -2.25. The molecule has 0 heterocycles. The molecule has 0 aliphatic carbocycles. The van der Waals surface area contributed by atoms with Gasteiger partial charge in [-0.05, 0) is 43.8 Å². The van der Waals surface area contributed by atoms with E-state index in [2.05, 4.69) is 5.32 Å². The van der Waals surface area contributed by atoms with Gasteiger partial charge in [0.15, 0.2) is 0 Å². The van der Waals surface area contributed by atoms with Gasteiger partial charge in [0, 0.05) is 13.0 Å². The number of carbonyl (C=O) groups is 1. The summed E-state index contributed by atoms with van der Waals surface area (Å²) in [7, 11) is 3.84. The highest BCUT2D eigenvalue weighted by Gasteiger charge is 2.15. The van der Waals surface area contributed by atoms with E-state index in [9.17, 15) is 9.18 Å². The standard InChI is InChI=1S/C19H23FN2O/c1-22(2)18(16-9-6-10-17(20)13-16)14-21-19(23)12-11-15-7-4-3-5-8-15/h3-10,13,18H,11-12,14H2,1-2H3,(H,21,23). The highest BCUT2D eigenvalue weighted by atomic mass is 19.1. The van der Waals surface area contributed by atoms with Gasteiger partial charge in [-0.2, -0.15) is 0 Å². The van der Waals surface area contributed by atoms with Crippen LogP contribution >= 0.6 is 0 Å². The lowest BCUT2D eigenvalue weighted by Crippen LogP contribution is -2.34. The molecule has 3 nitrogen and oxygen atoms in total. The van der Waals surface area contributed by atoms with Crippen LogP contribution in [0.15, 0.2) is 54.6 Å². The normalized spacial score (nSPS) is 12.2. The van der Waals surface area contributed by atoms with E-state index in [0.717, 1.165) is 17.5 Å². The molecule has 0 fully saturated rings. The van der Waals surface area contributed by atoms with Crippen LogP contribution in [0, 0.1) is 5.82 Å². The summed E-state index contributed by atoms with van der Waals surface area (Å²) in [5.41, 5.74) is 2.01. The Hall–Kier alpha value is -2.20. The van der Waals surface area contributed by atoms with Crippen molar-refractivity contribution in [1.29, 1.82) is 0 Å². The van der Waals surface area contributed by atoms with Crippen LogP contribution in [0.1, 0.15) is 23.6 Å². The first-order chi connectivity index (χ1) is 11.1. The zero-order valence-corrected chi connectivity index (χ0v) is 13.6. The Morgan fingerprint density at radius 1 is 1.13 bits per heavy atom. The van der Waals surface area contributed by atoms with Crippen LogP contribution in [0.3, 0.4) is 0 Å². The summed E-state index contributed by atoms with van der Waals surface area (Å²) in [6.07, 6.45) is 1.17. The summed E-state index contributed by atoms with van der Waals surface area (Å²) in [5, 5.41) is 2.95. The summed E-state index contributed by atoms with van der Waals surface area (Å²) in [6, 6.07) is 16.4. The maximum absolute atomic E-state index is 13.4. The molecular formula is C19H23FN2O. The summed E-state index contributed by atoms with van der Waals surface area (Å²) in [4.78, 5) is 14.0. The first-order valence-electron chi connectivity index (χ1n) is 7.79. The number of nitrogens with one attached hydrogen (secondary N) is 1. The first kappa shape index (κ1) is 17.2. The molecule has 1 amide bonds. The average molecular weight is 314 g/mol. The molecule has 2 rings (SSSR count). The second-order valence-corrected chi connectivity index (χ2v) is 5.82. The van der Waals surface area contributed by atoms with E-state index in [-0.39, 0.29) is 17.8 Å². The molecule has 122 valence electrons. The predicted octanol–water partition coefficient (Wildman–Crippen LogP) is 3.18. The highest BCUT2D eigenvalue weighted by Crippen LogP contribution is 2.18. The third-order valence-electron chi connectivity index (χ3n) is 3.83. The van der Waals surface area contributed by atoms with Crippen molar-refractivity contribution in [3.63, 3.8) is 0 Å². The van der Waals surface area contributed by atoms with E-state index < -0.39 is 0 Å². The maximum Gasteiger partial charge on any atom is 0.220 e. The van der Waals surface area contributed by atoms with Crippen molar-refractivity contribution < 1.29 is 9.18 Å². The van der Waals surface area contributed by atoms with Gasteiger partial charge in [-0.3, -0.25) is 4.79 Å². The van der Waals surface area contributed by atoms with Crippen molar-refractivity contribution in [2.24, 2.45) is 0 Å². The number of nitrogens with zero attached hydrogens (tertiary/aromatic N) is 1. The molecule has 0 saturated carbocycles. The zero-order valence-electron chi connectivity index (χ0n) is 13.6. The number of halogens is 1. The molecule has 0 bridgehead atoms. The number of aryl methyl sites for hydroxylation is 1. The van der Waals surface area contributed by atoms with Gasteiger partial charge in [-0.25, -0.2) is 4.39 Å². The molecule has 4 heteroatoms. The van der Waals surface area contributed by atoms with Gasteiger partial charge >= 0.3 is 0 Å². The quantitative estimate of drug-likeness (QED) is 0.851. The molecule has 0 radical (unpaired) electrons. The molecule has 2 aromatic carbocycles. The zero-order chi connectivity index (χ0) is 16.7. The highest BCUT2D eigenvalue weighted by molar-refractivity contribution is 5.76. The SMILES string of the molecule is CN(C)C(CNC(=O)CCc1ccccc1)c1cccc(F)c1. The molecule has 23 heavy (non-hydrogen) atoms. The Bertz CT molecular complexity index is 628. The second kappa shape index (κ2) is 8.44. The van der Waals surface area contributed by atoms with E-state index >= 15 is 0 Å². The van der Waals surface area contributed by atoms with Crippen molar-refractivity contribution in [1.82, 2.24) is 10.2 Å². The Morgan fingerprint density at radius 2 is 1.87 bits per heavy atom. The third-order valence-corrected chi connectivity index (χ3v) is 3.83. The van der Waals surface area contributed by atoms with Crippen LogP contribution in [-0.4, -0.2) is 31.4 Å². The summed E-state index contributed by atoms with van der Waals surface area (Å²) >= 11 is 0. The van der Waals surface area contributed by atoms with Crippen molar-refractivity contribution >= 4 is 5.91 Å². The molecule has 1 N–H and O–H groups in total. The number of likely N-dealkylation sites (N-methyl/N-ethyl adjacent to an activating group) is 1. The molecule has 0 spiro atoms. The molecule has 0 aliphatic heterocycles. The smallest absolute Gasteiger partial charge is 0.220 e. The van der Waals surface area contributed by atoms with Gasteiger partial charge in [0.1, 0.15) is 5.82 Å². The fourth-order valence-electron chi connectivity index (χ4n) is 2.51. The minimum Gasteiger partial charge on any atom is -0.354 e.